The van der Waals surface area contributed by atoms with Gasteiger partial charge in [-0.05, 0) is 19.3 Å². The van der Waals surface area contributed by atoms with E-state index in [2.05, 4.69) is 41.6 Å². The van der Waals surface area contributed by atoms with Crippen LogP contribution in [0.4, 0.5) is 0 Å². The molecule has 0 saturated carbocycles. The Kier molecular flexibility index (Phi) is 12.3. The number of nitrogens with zero attached hydrogens (tertiary/aromatic N) is 3. The van der Waals surface area contributed by atoms with Crippen molar-refractivity contribution in [2.45, 2.75) is 52.5 Å². The average Bonchev–Trinajstić information content (AvgIpc) is 3.03. The summed E-state index contributed by atoms with van der Waals surface area (Å²) in [5.41, 5.74) is 1.000. The Morgan fingerprint density at radius 2 is 1.96 bits per heavy atom. The molecule has 0 aromatic carbocycles. The van der Waals surface area contributed by atoms with Crippen molar-refractivity contribution >= 4 is 35.8 Å². The highest BCUT2D eigenvalue weighted by Gasteiger charge is 2.13. The Labute approximate surface area is 168 Å². The maximum atomic E-state index is 11.7. The molecule has 0 saturated heterocycles. The summed E-state index contributed by atoms with van der Waals surface area (Å²) in [6.07, 6.45) is 3.07. The fourth-order valence-corrected chi connectivity index (χ4v) is 2.19. The summed E-state index contributed by atoms with van der Waals surface area (Å²) in [5, 5.41) is 10.5. The van der Waals surface area contributed by atoms with Crippen molar-refractivity contribution < 1.29 is 9.32 Å². The van der Waals surface area contributed by atoms with Gasteiger partial charge in [0.2, 0.25) is 5.91 Å². The second-order valence-corrected chi connectivity index (χ2v) is 5.96. The van der Waals surface area contributed by atoms with Crippen LogP contribution in [0.3, 0.4) is 0 Å². The second-order valence-electron chi connectivity index (χ2n) is 5.96. The van der Waals surface area contributed by atoms with Crippen molar-refractivity contribution in [3.63, 3.8) is 0 Å². The van der Waals surface area contributed by atoms with Crippen LogP contribution in [0.2, 0.25) is 0 Å². The van der Waals surface area contributed by atoms with Gasteiger partial charge < -0.3 is 20.1 Å². The molecule has 1 heterocycles. The molecule has 144 valence electrons. The summed E-state index contributed by atoms with van der Waals surface area (Å²) < 4.78 is 5.40. The topological polar surface area (TPSA) is 82.8 Å². The third kappa shape index (κ3) is 8.55. The summed E-state index contributed by atoms with van der Waals surface area (Å²) in [6, 6.07) is 1.99. The summed E-state index contributed by atoms with van der Waals surface area (Å²) >= 11 is 0. The Bertz CT molecular complexity index is 527. The lowest BCUT2D eigenvalue weighted by Gasteiger charge is -2.12. The molecule has 1 amide bonds. The highest BCUT2D eigenvalue weighted by Crippen LogP contribution is 2.22. The number of aliphatic imine (C=N–C) groups is 1. The van der Waals surface area contributed by atoms with Gasteiger partial charge in [-0.1, -0.05) is 25.9 Å². The van der Waals surface area contributed by atoms with Crippen LogP contribution in [0.1, 0.15) is 57.4 Å². The molecule has 0 radical (unpaired) electrons. The molecule has 8 heteroatoms. The number of aromatic nitrogens is 1. The molecule has 2 N–H and O–H groups in total. The van der Waals surface area contributed by atoms with Gasteiger partial charge in [0.05, 0.1) is 12.2 Å². The van der Waals surface area contributed by atoms with Gasteiger partial charge in [0, 0.05) is 32.6 Å². The highest BCUT2D eigenvalue weighted by molar-refractivity contribution is 14.0. The van der Waals surface area contributed by atoms with Crippen LogP contribution in [0.25, 0.3) is 0 Å². The highest BCUT2D eigenvalue weighted by atomic mass is 127. The molecule has 1 aromatic rings. The Morgan fingerprint density at radius 3 is 2.52 bits per heavy atom. The fourth-order valence-electron chi connectivity index (χ4n) is 2.19. The number of halogens is 1. The quantitative estimate of drug-likeness (QED) is 0.333. The number of carbonyl (C=O) groups is 1. The van der Waals surface area contributed by atoms with Gasteiger partial charge in [-0.15, -0.1) is 24.0 Å². The lowest BCUT2D eigenvalue weighted by Crippen LogP contribution is -2.38. The van der Waals surface area contributed by atoms with Gasteiger partial charge in [-0.3, -0.25) is 4.79 Å². The van der Waals surface area contributed by atoms with Crippen molar-refractivity contribution in [3.8, 4) is 0 Å². The first-order chi connectivity index (χ1) is 11.5. The van der Waals surface area contributed by atoms with E-state index in [-0.39, 0.29) is 36.4 Å². The summed E-state index contributed by atoms with van der Waals surface area (Å²) in [4.78, 5) is 17.5. The number of likely N-dealkylation sites (N-methyl/N-ethyl adjacent to an activating group) is 1. The molecule has 0 aliphatic heterocycles. The van der Waals surface area contributed by atoms with E-state index in [9.17, 15) is 4.79 Å². The Hall–Kier alpha value is -1.32. The molecule has 0 unspecified atom stereocenters. The average molecular weight is 465 g/mol. The molecule has 0 aliphatic carbocycles. The first kappa shape index (κ1) is 23.7. The number of hydrogen-bond donors (Lipinski definition) is 2. The minimum Gasteiger partial charge on any atom is -0.359 e. The molecule has 0 spiro atoms. The van der Waals surface area contributed by atoms with Crippen molar-refractivity contribution in [1.29, 1.82) is 0 Å². The van der Waals surface area contributed by atoms with Gasteiger partial charge in [0.1, 0.15) is 6.54 Å². The van der Waals surface area contributed by atoms with Crippen LogP contribution in [0.15, 0.2) is 15.6 Å². The predicted molar refractivity (Wildman–Crippen MR) is 111 cm³/mol. The molecule has 7 nitrogen and oxygen atoms in total. The van der Waals surface area contributed by atoms with E-state index < -0.39 is 0 Å². The third-order valence-electron chi connectivity index (χ3n) is 3.82. The smallest absolute Gasteiger partial charge is 0.243 e. The molecule has 0 bridgehead atoms. The molecular weight excluding hydrogens is 433 g/mol. The van der Waals surface area contributed by atoms with Crippen LogP contribution in [-0.4, -0.2) is 49.1 Å². The first-order valence-corrected chi connectivity index (χ1v) is 8.69. The maximum absolute atomic E-state index is 11.7. The van der Waals surface area contributed by atoms with Crippen LogP contribution in [-0.2, 0) is 11.3 Å². The summed E-state index contributed by atoms with van der Waals surface area (Å²) in [5.74, 6) is 1.77. The number of rotatable bonds is 9. The predicted octanol–water partition coefficient (Wildman–Crippen LogP) is 2.73. The van der Waals surface area contributed by atoms with Crippen molar-refractivity contribution in [1.82, 2.24) is 20.7 Å². The van der Waals surface area contributed by atoms with E-state index in [1.165, 1.54) is 4.90 Å². The molecule has 25 heavy (non-hydrogen) atoms. The zero-order chi connectivity index (χ0) is 17.9. The Balaban J connectivity index is 0.00000576. The van der Waals surface area contributed by atoms with Crippen LogP contribution in [0.5, 0.6) is 0 Å². The zero-order valence-corrected chi connectivity index (χ0v) is 18.3. The lowest BCUT2D eigenvalue weighted by atomic mass is 9.99. The first-order valence-electron chi connectivity index (χ1n) is 8.69. The van der Waals surface area contributed by atoms with Crippen molar-refractivity contribution in [2.24, 2.45) is 4.99 Å². The minimum atomic E-state index is -0.0386. The van der Waals surface area contributed by atoms with Gasteiger partial charge in [-0.2, -0.15) is 0 Å². The molecule has 1 rings (SSSR count). The van der Waals surface area contributed by atoms with Gasteiger partial charge in [-0.25, -0.2) is 4.99 Å². The SMILES string of the molecule is CCCNC(=NCC(=O)N(C)C)NCc1cc(C(CC)CC)no1.I. The summed E-state index contributed by atoms with van der Waals surface area (Å²) in [7, 11) is 3.44. The van der Waals surface area contributed by atoms with Crippen molar-refractivity contribution in [3.05, 3.63) is 17.5 Å². The normalized spacial score (nSPS) is 11.2. The van der Waals surface area contributed by atoms with E-state index in [1.54, 1.807) is 14.1 Å². The van der Waals surface area contributed by atoms with E-state index >= 15 is 0 Å². The van der Waals surface area contributed by atoms with Crippen LogP contribution in [0, 0.1) is 0 Å². The van der Waals surface area contributed by atoms with Crippen molar-refractivity contribution in [2.75, 3.05) is 27.2 Å². The zero-order valence-electron chi connectivity index (χ0n) is 16.0. The lowest BCUT2D eigenvalue weighted by molar-refractivity contribution is -0.127. The van der Waals surface area contributed by atoms with E-state index in [0.29, 0.717) is 18.4 Å². The van der Waals surface area contributed by atoms with E-state index in [1.807, 2.05) is 6.07 Å². The minimum absolute atomic E-state index is 0. The molecular formula is C17H32IN5O2. The number of guanidine groups is 1. The van der Waals surface area contributed by atoms with Gasteiger partial charge in [0.25, 0.3) is 0 Å². The monoisotopic (exact) mass is 465 g/mol. The molecule has 0 aliphatic rings. The fraction of sp³-hybridized carbons (Fsp3) is 0.706. The molecule has 1 aromatic heterocycles. The van der Waals surface area contributed by atoms with Gasteiger partial charge in [0.15, 0.2) is 11.7 Å². The van der Waals surface area contributed by atoms with E-state index in [4.69, 9.17) is 4.52 Å². The van der Waals surface area contributed by atoms with Gasteiger partial charge >= 0.3 is 0 Å². The van der Waals surface area contributed by atoms with Crippen LogP contribution < -0.4 is 10.6 Å². The number of hydrogen-bond acceptors (Lipinski definition) is 4. The largest absolute Gasteiger partial charge is 0.359 e. The molecule has 0 fully saturated rings. The Morgan fingerprint density at radius 1 is 1.28 bits per heavy atom. The number of amides is 1. The maximum Gasteiger partial charge on any atom is 0.243 e. The number of nitrogens with one attached hydrogen (secondary N) is 2. The third-order valence-corrected chi connectivity index (χ3v) is 3.82. The van der Waals surface area contributed by atoms with Crippen LogP contribution >= 0.6 is 24.0 Å². The summed E-state index contributed by atoms with van der Waals surface area (Å²) in [6.45, 7) is 7.77. The second kappa shape index (κ2) is 13.0. The number of carbonyl (C=O) groups excluding carboxylic acids is 1. The van der Waals surface area contributed by atoms with E-state index in [0.717, 1.165) is 37.3 Å². The standard InChI is InChI=1S/C17H31N5O2.HI/c1-6-9-18-17(20-12-16(23)22(4)5)19-11-14-10-15(21-24-14)13(7-2)8-3;/h10,13H,6-9,11-12H2,1-5H3,(H2,18,19,20);1H. The molecule has 0 atom stereocenters.